The predicted octanol–water partition coefficient (Wildman–Crippen LogP) is 4.31. The molecular formula is C13H9F5N2. The van der Waals surface area contributed by atoms with Gasteiger partial charge < -0.3 is 11.1 Å². The predicted molar refractivity (Wildman–Crippen MR) is 65.5 cm³/mol. The Bertz CT molecular complexity index is 637. The maximum atomic E-state index is 13.2. The highest BCUT2D eigenvalue weighted by Gasteiger charge is 2.34. The summed E-state index contributed by atoms with van der Waals surface area (Å²) in [6, 6.07) is 6.25. The maximum Gasteiger partial charge on any atom is 0.419 e. The van der Waals surface area contributed by atoms with Gasteiger partial charge in [0, 0.05) is 5.69 Å². The van der Waals surface area contributed by atoms with Crippen LogP contribution in [0.5, 0.6) is 0 Å². The van der Waals surface area contributed by atoms with Crippen LogP contribution in [0.25, 0.3) is 0 Å². The lowest BCUT2D eigenvalue weighted by Gasteiger charge is -2.13. The highest BCUT2D eigenvalue weighted by Crippen LogP contribution is 2.34. The summed E-state index contributed by atoms with van der Waals surface area (Å²) in [6.45, 7) is 0. The van der Waals surface area contributed by atoms with Crippen LogP contribution < -0.4 is 11.1 Å². The van der Waals surface area contributed by atoms with E-state index in [1.807, 2.05) is 0 Å². The molecule has 2 nitrogen and oxygen atoms in total. The minimum atomic E-state index is -4.81. The molecule has 0 aromatic heterocycles. The molecule has 2 aromatic rings. The van der Waals surface area contributed by atoms with Crippen molar-refractivity contribution in [2.45, 2.75) is 6.18 Å². The van der Waals surface area contributed by atoms with Gasteiger partial charge in [0.25, 0.3) is 0 Å². The van der Waals surface area contributed by atoms with Crippen LogP contribution in [0.15, 0.2) is 36.4 Å². The van der Waals surface area contributed by atoms with Crippen LogP contribution in [0.4, 0.5) is 39.0 Å². The van der Waals surface area contributed by atoms with Crippen molar-refractivity contribution in [2.75, 3.05) is 11.1 Å². The summed E-state index contributed by atoms with van der Waals surface area (Å²) in [4.78, 5) is 0. The molecule has 0 amide bonds. The number of para-hydroxylation sites is 1. The molecule has 0 heterocycles. The Kier molecular flexibility index (Phi) is 3.52. The lowest BCUT2D eigenvalue weighted by molar-refractivity contribution is -0.139. The van der Waals surface area contributed by atoms with Gasteiger partial charge in [0.1, 0.15) is 11.6 Å². The summed E-state index contributed by atoms with van der Waals surface area (Å²) >= 11 is 0. The van der Waals surface area contributed by atoms with E-state index in [-0.39, 0.29) is 17.1 Å². The van der Waals surface area contributed by atoms with Crippen molar-refractivity contribution in [3.63, 3.8) is 0 Å². The van der Waals surface area contributed by atoms with Crippen LogP contribution in [0.3, 0.4) is 0 Å². The number of rotatable bonds is 2. The zero-order chi connectivity index (χ0) is 14.9. The van der Waals surface area contributed by atoms with Gasteiger partial charge in [-0.25, -0.2) is 8.78 Å². The smallest absolute Gasteiger partial charge is 0.395 e. The number of hydrogen-bond donors (Lipinski definition) is 2. The van der Waals surface area contributed by atoms with E-state index in [2.05, 4.69) is 5.32 Å². The SMILES string of the molecule is Nc1c(F)cccc1Nc1ccc(F)c(C(F)(F)F)c1. The summed E-state index contributed by atoms with van der Waals surface area (Å²) in [5.41, 5.74) is 3.87. The number of alkyl halides is 3. The van der Waals surface area contributed by atoms with Crippen LogP contribution >= 0.6 is 0 Å². The second kappa shape index (κ2) is 4.99. The Labute approximate surface area is 111 Å². The van der Waals surface area contributed by atoms with Gasteiger partial charge in [0.15, 0.2) is 0 Å². The van der Waals surface area contributed by atoms with E-state index in [4.69, 9.17) is 5.73 Å². The summed E-state index contributed by atoms with van der Waals surface area (Å²) in [5.74, 6) is -2.08. The van der Waals surface area contributed by atoms with Gasteiger partial charge in [-0.1, -0.05) is 6.07 Å². The maximum absolute atomic E-state index is 13.2. The lowest BCUT2D eigenvalue weighted by atomic mass is 10.1. The van der Waals surface area contributed by atoms with E-state index < -0.39 is 23.4 Å². The Morgan fingerprint density at radius 1 is 0.950 bits per heavy atom. The zero-order valence-corrected chi connectivity index (χ0v) is 9.93. The quantitative estimate of drug-likeness (QED) is 0.638. The fourth-order valence-electron chi connectivity index (χ4n) is 1.62. The number of hydrogen-bond acceptors (Lipinski definition) is 2. The Balaban J connectivity index is 2.38. The van der Waals surface area contributed by atoms with Crippen molar-refractivity contribution in [1.29, 1.82) is 0 Å². The molecule has 0 atom stereocenters. The fourth-order valence-corrected chi connectivity index (χ4v) is 1.62. The zero-order valence-electron chi connectivity index (χ0n) is 9.93. The van der Waals surface area contributed by atoms with Gasteiger partial charge in [0.05, 0.1) is 16.9 Å². The number of benzene rings is 2. The molecule has 0 aliphatic carbocycles. The normalized spacial score (nSPS) is 11.4. The summed E-state index contributed by atoms with van der Waals surface area (Å²) in [7, 11) is 0. The molecule has 0 aliphatic heterocycles. The molecule has 0 fully saturated rings. The Hall–Kier alpha value is -2.31. The van der Waals surface area contributed by atoms with Crippen LogP contribution in [-0.4, -0.2) is 0 Å². The molecule has 2 aromatic carbocycles. The van der Waals surface area contributed by atoms with Gasteiger partial charge >= 0.3 is 6.18 Å². The molecule has 3 N–H and O–H groups in total. The van der Waals surface area contributed by atoms with E-state index in [0.29, 0.717) is 12.1 Å². The molecule has 20 heavy (non-hydrogen) atoms. The van der Waals surface area contributed by atoms with Crippen molar-refractivity contribution in [3.05, 3.63) is 53.6 Å². The van der Waals surface area contributed by atoms with Crippen molar-refractivity contribution in [3.8, 4) is 0 Å². The summed E-state index contributed by atoms with van der Waals surface area (Å²) < 4.78 is 64.0. The largest absolute Gasteiger partial charge is 0.419 e. The van der Waals surface area contributed by atoms with Crippen LogP contribution in [-0.2, 0) is 6.18 Å². The van der Waals surface area contributed by atoms with Gasteiger partial charge in [-0.15, -0.1) is 0 Å². The van der Waals surface area contributed by atoms with Crippen molar-refractivity contribution < 1.29 is 22.0 Å². The monoisotopic (exact) mass is 288 g/mol. The number of nitrogen functional groups attached to an aromatic ring is 1. The topological polar surface area (TPSA) is 38.0 Å². The van der Waals surface area contributed by atoms with Crippen LogP contribution in [0.2, 0.25) is 0 Å². The molecule has 2 rings (SSSR count). The first-order valence-corrected chi connectivity index (χ1v) is 5.47. The van der Waals surface area contributed by atoms with Gasteiger partial charge in [0.2, 0.25) is 0 Å². The van der Waals surface area contributed by atoms with Crippen molar-refractivity contribution in [2.24, 2.45) is 0 Å². The van der Waals surface area contributed by atoms with E-state index in [0.717, 1.165) is 12.1 Å². The highest BCUT2D eigenvalue weighted by molar-refractivity contribution is 5.73. The Morgan fingerprint density at radius 2 is 1.65 bits per heavy atom. The lowest BCUT2D eigenvalue weighted by Crippen LogP contribution is -2.09. The highest BCUT2D eigenvalue weighted by atomic mass is 19.4. The molecule has 7 heteroatoms. The first-order chi connectivity index (χ1) is 9.29. The average molecular weight is 288 g/mol. The molecule has 0 unspecified atom stereocenters. The number of halogens is 5. The van der Waals surface area contributed by atoms with E-state index in [1.54, 1.807) is 0 Å². The third kappa shape index (κ3) is 2.81. The average Bonchev–Trinajstić information content (AvgIpc) is 2.36. The minimum absolute atomic E-state index is 0.0453. The summed E-state index contributed by atoms with van der Waals surface area (Å²) in [5, 5.41) is 2.52. The van der Waals surface area contributed by atoms with E-state index in [1.165, 1.54) is 12.1 Å². The number of nitrogens with two attached hydrogens (primary N) is 1. The first kappa shape index (κ1) is 14.1. The van der Waals surface area contributed by atoms with Crippen molar-refractivity contribution in [1.82, 2.24) is 0 Å². The van der Waals surface area contributed by atoms with E-state index >= 15 is 0 Å². The molecule has 106 valence electrons. The molecule has 0 aliphatic rings. The minimum Gasteiger partial charge on any atom is -0.395 e. The van der Waals surface area contributed by atoms with Gasteiger partial charge in [-0.3, -0.25) is 0 Å². The third-order valence-corrected chi connectivity index (χ3v) is 2.60. The second-order valence-electron chi connectivity index (χ2n) is 4.02. The fraction of sp³-hybridized carbons (Fsp3) is 0.0769. The van der Waals surface area contributed by atoms with Crippen LogP contribution in [0, 0.1) is 11.6 Å². The van der Waals surface area contributed by atoms with Gasteiger partial charge in [-0.05, 0) is 30.3 Å². The number of anilines is 3. The molecule has 0 spiro atoms. The van der Waals surface area contributed by atoms with E-state index in [9.17, 15) is 22.0 Å². The first-order valence-electron chi connectivity index (χ1n) is 5.47. The second-order valence-corrected chi connectivity index (χ2v) is 4.02. The molecular weight excluding hydrogens is 279 g/mol. The molecule has 0 radical (unpaired) electrons. The molecule has 0 saturated heterocycles. The third-order valence-electron chi connectivity index (χ3n) is 2.60. The standard InChI is InChI=1S/C13H9F5N2/c14-9-5-4-7(6-8(9)13(16,17)18)20-11-3-1-2-10(15)12(11)19/h1-6,20H,19H2. The molecule has 0 bridgehead atoms. The summed E-state index contributed by atoms with van der Waals surface area (Å²) in [6.07, 6.45) is -4.81. The van der Waals surface area contributed by atoms with Crippen LogP contribution in [0.1, 0.15) is 5.56 Å². The number of nitrogens with one attached hydrogen (secondary N) is 1. The Morgan fingerprint density at radius 3 is 2.30 bits per heavy atom. The van der Waals surface area contributed by atoms with Crippen molar-refractivity contribution >= 4 is 17.1 Å². The van der Waals surface area contributed by atoms with Gasteiger partial charge in [-0.2, -0.15) is 13.2 Å². The molecule has 0 saturated carbocycles.